The van der Waals surface area contributed by atoms with Crippen molar-refractivity contribution in [2.75, 3.05) is 0 Å². The highest BCUT2D eigenvalue weighted by molar-refractivity contribution is 6.30. The monoisotopic (exact) mass is 320 g/mol. The molecule has 1 fully saturated rings. The highest BCUT2D eigenvalue weighted by Gasteiger charge is 2.17. The Morgan fingerprint density at radius 1 is 0.870 bits per heavy atom. The summed E-state index contributed by atoms with van der Waals surface area (Å²) in [5.74, 6) is 8.03. The summed E-state index contributed by atoms with van der Waals surface area (Å²) in [7, 11) is 0. The Morgan fingerprint density at radius 2 is 1.43 bits per heavy atom. The maximum absolute atomic E-state index is 5.93. The van der Waals surface area contributed by atoms with E-state index < -0.39 is 0 Å². The van der Waals surface area contributed by atoms with Crippen molar-refractivity contribution in [1.29, 1.82) is 0 Å². The van der Waals surface area contributed by atoms with Crippen LogP contribution < -0.4 is 0 Å². The molecular formula is C22H21Cl. The van der Waals surface area contributed by atoms with Crippen molar-refractivity contribution in [3.8, 4) is 23.0 Å². The lowest BCUT2D eigenvalue weighted by atomic mass is 9.82. The van der Waals surface area contributed by atoms with Crippen molar-refractivity contribution in [2.45, 2.75) is 25.7 Å². The summed E-state index contributed by atoms with van der Waals surface area (Å²) in [5, 5.41) is 0.766. The molecule has 116 valence electrons. The summed E-state index contributed by atoms with van der Waals surface area (Å²) in [5.41, 5.74) is 3.46. The molecule has 3 rings (SSSR count). The van der Waals surface area contributed by atoms with E-state index in [9.17, 15) is 0 Å². The van der Waals surface area contributed by atoms with Crippen LogP contribution >= 0.6 is 11.6 Å². The van der Waals surface area contributed by atoms with Crippen LogP contribution in [-0.4, -0.2) is 0 Å². The molecule has 2 aromatic rings. The molecule has 1 heteroatoms. The molecule has 0 saturated heterocycles. The van der Waals surface area contributed by atoms with Gasteiger partial charge in [0.05, 0.1) is 0 Å². The van der Waals surface area contributed by atoms with E-state index in [0.29, 0.717) is 11.8 Å². The summed E-state index contributed by atoms with van der Waals surface area (Å²) in [4.78, 5) is 0. The molecule has 0 N–H and O–H groups in total. The SMILES string of the molecule is C=C[C@H]1CC[C@H](C#Cc2ccc(-c3ccc(Cl)cc3)cc2)CC1. The molecule has 0 unspecified atom stereocenters. The third-order valence-electron chi connectivity index (χ3n) is 4.59. The zero-order valence-electron chi connectivity index (χ0n) is 13.3. The second-order valence-electron chi connectivity index (χ2n) is 6.20. The first kappa shape index (κ1) is 15.9. The summed E-state index contributed by atoms with van der Waals surface area (Å²) < 4.78 is 0. The summed E-state index contributed by atoms with van der Waals surface area (Å²) >= 11 is 5.93. The molecule has 2 aromatic carbocycles. The Morgan fingerprint density at radius 3 is 2.00 bits per heavy atom. The number of benzene rings is 2. The fraction of sp³-hybridized carbons (Fsp3) is 0.273. The average Bonchev–Trinajstić information content (AvgIpc) is 2.61. The molecule has 0 heterocycles. The molecule has 0 amide bonds. The highest BCUT2D eigenvalue weighted by Crippen LogP contribution is 2.29. The second-order valence-corrected chi connectivity index (χ2v) is 6.64. The highest BCUT2D eigenvalue weighted by atomic mass is 35.5. The van der Waals surface area contributed by atoms with Gasteiger partial charge in [-0.2, -0.15) is 0 Å². The first-order valence-corrected chi connectivity index (χ1v) is 8.62. The van der Waals surface area contributed by atoms with Crippen LogP contribution in [0.5, 0.6) is 0 Å². The van der Waals surface area contributed by atoms with Crippen LogP contribution in [0.2, 0.25) is 5.02 Å². The van der Waals surface area contributed by atoms with Crippen LogP contribution in [0, 0.1) is 23.7 Å². The predicted molar refractivity (Wildman–Crippen MR) is 99.4 cm³/mol. The quantitative estimate of drug-likeness (QED) is 0.446. The predicted octanol–water partition coefficient (Wildman–Crippen LogP) is 6.35. The van der Waals surface area contributed by atoms with Crippen LogP contribution in [0.15, 0.2) is 61.2 Å². The third kappa shape index (κ3) is 4.27. The van der Waals surface area contributed by atoms with Gasteiger partial charge in [-0.25, -0.2) is 0 Å². The zero-order valence-corrected chi connectivity index (χ0v) is 14.0. The molecule has 0 aromatic heterocycles. The number of hydrogen-bond acceptors (Lipinski definition) is 0. The van der Waals surface area contributed by atoms with Gasteiger partial charge in [0.1, 0.15) is 0 Å². The molecule has 0 bridgehead atoms. The van der Waals surface area contributed by atoms with Crippen molar-refractivity contribution in [3.63, 3.8) is 0 Å². The Kier molecular flexibility index (Phi) is 5.21. The van der Waals surface area contributed by atoms with Crippen molar-refractivity contribution < 1.29 is 0 Å². The van der Waals surface area contributed by atoms with Gasteiger partial charge in [-0.15, -0.1) is 6.58 Å². The topological polar surface area (TPSA) is 0 Å². The van der Waals surface area contributed by atoms with E-state index in [-0.39, 0.29) is 0 Å². The van der Waals surface area contributed by atoms with Crippen LogP contribution in [0.4, 0.5) is 0 Å². The molecule has 0 atom stereocenters. The fourth-order valence-corrected chi connectivity index (χ4v) is 3.20. The average molecular weight is 321 g/mol. The maximum atomic E-state index is 5.93. The molecule has 0 radical (unpaired) electrons. The lowest BCUT2D eigenvalue weighted by molar-refractivity contribution is 0.365. The first-order valence-electron chi connectivity index (χ1n) is 8.24. The number of allylic oxidation sites excluding steroid dienone is 1. The molecule has 0 nitrogen and oxygen atoms in total. The van der Waals surface area contributed by atoms with Gasteiger partial charge in [0.15, 0.2) is 0 Å². The van der Waals surface area contributed by atoms with Gasteiger partial charge in [0.2, 0.25) is 0 Å². The van der Waals surface area contributed by atoms with Crippen molar-refractivity contribution >= 4 is 11.6 Å². The van der Waals surface area contributed by atoms with Crippen LogP contribution in [-0.2, 0) is 0 Å². The number of halogens is 1. The Balaban J connectivity index is 1.65. The Hall–Kier alpha value is -1.97. The van der Waals surface area contributed by atoms with Gasteiger partial charge in [-0.3, -0.25) is 0 Å². The summed E-state index contributed by atoms with van der Waals surface area (Å²) in [6.45, 7) is 3.90. The van der Waals surface area contributed by atoms with E-state index in [2.05, 4.69) is 48.8 Å². The fourth-order valence-electron chi connectivity index (χ4n) is 3.07. The van der Waals surface area contributed by atoms with E-state index in [1.165, 1.54) is 36.8 Å². The normalized spacial score (nSPS) is 20.4. The van der Waals surface area contributed by atoms with Gasteiger partial charge in [0, 0.05) is 16.5 Å². The van der Waals surface area contributed by atoms with E-state index >= 15 is 0 Å². The van der Waals surface area contributed by atoms with Gasteiger partial charge in [0.25, 0.3) is 0 Å². The lowest BCUT2D eigenvalue weighted by Crippen LogP contribution is -2.11. The Bertz CT molecular complexity index is 705. The Labute approximate surface area is 144 Å². The molecule has 0 spiro atoms. The summed E-state index contributed by atoms with van der Waals surface area (Å²) in [6, 6.07) is 16.4. The van der Waals surface area contributed by atoms with E-state index in [0.717, 1.165) is 10.6 Å². The van der Waals surface area contributed by atoms with Gasteiger partial charge < -0.3 is 0 Å². The molecule has 0 aliphatic heterocycles. The lowest BCUT2D eigenvalue weighted by Gasteiger charge is -2.22. The minimum atomic E-state index is 0.544. The molecule has 1 aliphatic rings. The minimum Gasteiger partial charge on any atom is -0.103 e. The van der Waals surface area contributed by atoms with Crippen LogP contribution in [0.25, 0.3) is 11.1 Å². The number of hydrogen-bond donors (Lipinski definition) is 0. The zero-order chi connectivity index (χ0) is 16.1. The molecule has 23 heavy (non-hydrogen) atoms. The van der Waals surface area contributed by atoms with Crippen molar-refractivity contribution in [3.05, 3.63) is 71.8 Å². The van der Waals surface area contributed by atoms with E-state index in [1.54, 1.807) is 0 Å². The van der Waals surface area contributed by atoms with Gasteiger partial charge in [-0.1, -0.05) is 53.8 Å². The van der Waals surface area contributed by atoms with Crippen molar-refractivity contribution in [1.82, 2.24) is 0 Å². The third-order valence-corrected chi connectivity index (χ3v) is 4.84. The van der Waals surface area contributed by atoms with Crippen molar-refractivity contribution in [2.24, 2.45) is 11.8 Å². The smallest absolute Gasteiger partial charge is 0.0406 e. The van der Waals surface area contributed by atoms with E-state index in [1.807, 2.05) is 24.3 Å². The molecule has 1 saturated carbocycles. The van der Waals surface area contributed by atoms with Crippen LogP contribution in [0.3, 0.4) is 0 Å². The largest absolute Gasteiger partial charge is 0.103 e. The van der Waals surface area contributed by atoms with E-state index in [4.69, 9.17) is 11.6 Å². The maximum Gasteiger partial charge on any atom is 0.0406 e. The standard InChI is InChI=1S/C22H21Cl/c1-2-17-3-5-18(6-4-17)7-8-19-9-11-20(12-10-19)21-13-15-22(23)16-14-21/h2,9-18H,1,3-6H2/t17-,18-. The van der Waals surface area contributed by atoms with Crippen LogP contribution in [0.1, 0.15) is 31.2 Å². The minimum absolute atomic E-state index is 0.544. The number of rotatable bonds is 2. The first-order chi connectivity index (χ1) is 11.2. The second kappa shape index (κ2) is 7.53. The van der Waals surface area contributed by atoms with Gasteiger partial charge in [-0.05, 0) is 67.0 Å². The molecule has 1 aliphatic carbocycles. The molecular weight excluding hydrogens is 300 g/mol. The summed E-state index contributed by atoms with van der Waals surface area (Å²) in [6.07, 6.45) is 6.97. The van der Waals surface area contributed by atoms with Gasteiger partial charge >= 0.3 is 0 Å².